The molecule has 0 aromatic heterocycles. The highest BCUT2D eigenvalue weighted by Gasteiger charge is 2.24. The molecular formula is C21H35N5O3. The number of nitrogens with one attached hydrogen (secondary N) is 2. The van der Waals surface area contributed by atoms with Crippen LogP contribution in [0.5, 0.6) is 5.75 Å². The second kappa shape index (κ2) is 12.2. The standard InChI is InChI=1S/C21H35N5O3/c1-5-28-21(27)26-11-9-18(10-12-26)24-20(22-2)23-16-17-7-6-8-19(15-17)29-14-13-25(3)4/h6-8,15,18H,5,9-14,16H2,1-4H3,(H2,22,23,24). The van der Waals surface area contributed by atoms with Gasteiger partial charge in [-0.15, -0.1) is 0 Å². The summed E-state index contributed by atoms with van der Waals surface area (Å²) >= 11 is 0. The minimum Gasteiger partial charge on any atom is -0.492 e. The van der Waals surface area contributed by atoms with Gasteiger partial charge in [0.05, 0.1) is 6.61 Å². The number of likely N-dealkylation sites (N-methyl/N-ethyl adjacent to an activating group) is 1. The number of aliphatic imine (C=N–C) groups is 1. The Balaban J connectivity index is 1.76. The minimum atomic E-state index is -0.221. The molecule has 1 fully saturated rings. The molecule has 0 spiro atoms. The molecule has 8 nitrogen and oxygen atoms in total. The van der Waals surface area contributed by atoms with E-state index in [4.69, 9.17) is 9.47 Å². The maximum absolute atomic E-state index is 11.8. The van der Waals surface area contributed by atoms with Crippen molar-refractivity contribution in [2.24, 2.45) is 4.99 Å². The van der Waals surface area contributed by atoms with Crippen LogP contribution in [0.3, 0.4) is 0 Å². The zero-order chi connectivity index (χ0) is 21.1. The number of benzene rings is 1. The Hall–Kier alpha value is -2.48. The van der Waals surface area contributed by atoms with Crippen molar-refractivity contribution in [2.45, 2.75) is 32.4 Å². The quantitative estimate of drug-likeness (QED) is 0.508. The van der Waals surface area contributed by atoms with Gasteiger partial charge < -0.3 is 29.9 Å². The van der Waals surface area contributed by atoms with Crippen LogP contribution in [0.15, 0.2) is 29.3 Å². The summed E-state index contributed by atoms with van der Waals surface area (Å²) in [7, 11) is 5.83. The third-order valence-corrected chi connectivity index (χ3v) is 4.75. The summed E-state index contributed by atoms with van der Waals surface area (Å²) in [6.45, 7) is 5.83. The van der Waals surface area contributed by atoms with Gasteiger partial charge in [-0.1, -0.05) is 12.1 Å². The molecule has 1 saturated heterocycles. The average molecular weight is 406 g/mol. The highest BCUT2D eigenvalue weighted by molar-refractivity contribution is 5.80. The molecule has 0 unspecified atom stereocenters. The monoisotopic (exact) mass is 405 g/mol. The number of piperidine rings is 1. The normalized spacial score (nSPS) is 15.3. The predicted molar refractivity (Wildman–Crippen MR) is 115 cm³/mol. The van der Waals surface area contributed by atoms with Gasteiger partial charge in [0, 0.05) is 39.3 Å². The second-order valence-corrected chi connectivity index (χ2v) is 7.33. The lowest BCUT2D eigenvalue weighted by atomic mass is 10.1. The van der Waals surface area contributed by atoms with Crippen molar-refractivity contribution in [1.82, 2.24) is 20.4 Å². The Morgan fingerprint density at radius 2 is 2.07 bits per heavy atom. The molecule has 1 aliphatic rings. The number of nitrogens with zero attached hydrogens (tertiary/aromatic N) is 3. The van der Waals surface area contributed by atoms with Crippen LogP contribution in [-0.2, 0) is 11.3 Å². The predicted octanol–water partition coefficient (Wildman–Crippen LogP) is 1.91. The average Bonchev–Trinajstić information content (AvgIpc) is 2.72. The zero-order valence-corrected chi connectivity index (χ0v) is 18.1. The molecule has 1 amide bonds. The van der Waals surface area contributed by atoms with E-state index >= 15 is 0 Å². The van der Waals surface area contributed by atoms with E-state index in [1.807, 2.05) is 39.2 Å². The number of hydrogen-bond acceptors (Lipinski definition) is 5. The van der Waals surface area contributed by atoms with E-state index in [9.17, 15) is 4.79 Å². The number of carbonyl (C=O) groups excluding carboxylic acids is 1. The van der Waals surface area contributed by atoms with Crippen LogP contribution < -0.4 is 15.4 Å². The van der Waals surface area contributed by atoms with E-state index in [0.717, 1.165) is 36.7 Å². The molecule has 2 N–H and O–H groups in total. The van der Waals surface area contributed by atoms with E-state index in [2.05, 4.69) is 26.6 Å². The summed E-state index contributed by atoms with van der Waals surface area (Å²) in [5.74, 6) is 1.64. The molecule has 1 aromatic carbocycles. The molecule has 0 saturated carbocycles. The van der Waals surface area contributed by atoms with E-state index in [1.165, 1.54) is 0 Å². The van der Waals surface area contributed by atoms with E-state index in [0.29, 0.717) is 32.8 Å². The van der Waals surface area contributed by atoms with Crippen molar-refractivity contribution < 1.29 is 14.3 Å². The van der Waals surface area contributed by atoms with Crippen molar-refractivity contribution in [3.63, 3.8) is 0 Å². The smallest absolute Gasteiger partial charge is 0.409 e. The molecule has 0 bridgehead atoms. The molecule has 1 aromatic rings. The van der Waals surface area contributed by atoms with Gasteiger partial charge in [-0.2, -0.15) is 0 Å². The number of hydrogen-bond donors (Lipinski definition) is 2. The number of carbonyl (C=O) groups is 1. The van der Waals surface area contributed by atoms with Crippen molar-refractivity contribution in [1.29, 1.82) is 0 Å². The lowest BCUT2D eigenvalue weighted by Gasteiger charge is -2.32. The van der Waals surface area contributed by atoms with Gasteiger partial charge in [0.15, 0.2) is 5.96 Å². The fraction of sp³-hybridized carbons (Fsp3) is 0.619. The molecule has 29 heavy (non-hydrogen) atoms. The fourth-order valence-electron chi connectivity index (χ4n) is 3.09. The van der Waals surface area contributed by atoms with Gasteiger partial charge in [-0.25, -0.2) is 4.79 Å². The molecule has 2 rings (SSSR count). The lowest BCUT2D eigenvalue weighted by molar-refractivity contribution is 0.0963. The third kappa shape index (κ3) is 8.19. The summed E-state index contributed by atoms with van der Waals surface area (Å²) in [5, 5.41) is 6.81. The zero-order valence-electron chi connectivity index (χ0n) is 18.1. The van der Waals surface area contributed by atoms with E-state index < -0.39 is 0 Å². The van der Waals surface area contributed by atoms with Crippen LogP contribution in [0.25, 0.3) is 0 Å². The van der Waals surface area contributed by atoms with Gasteiger partial charge in [-0.05, 0) is 51.6 Å². The van der Waals surface area contributed by atoms with Crippen LogP contribution >= 0.6 is 0 Å². The van der Waals surface area contributed by atoms with Crippen LogP contribution in [0, 0.1) is 0 Å². The van der Waals surface area contributed by atoms with E-state index in [-0.39, 0.29) is 12.1 Å². The molecule has 8 heteroatoms. The molecule has 1 heterocycles. The number of guanidine groups is 1. The molecule has 0 radical (unpaired) electrons. The Kier molecular flexibility index (Phi) is 9.56. The SMILES string of the molecule is CCOC(=O)N1CCC(NC(=NC)NCc2cccc(OCCN(C)C)c2)CC1. The second-order valence-electron chi connectivity index (χ2n) is 7.33. The first-order valence-electron chi connectivity index (χ1n) is 10.3. The first-order chi connectivity index (χ1) is 14.0. The Bertz CT molecular complexity index is 657. The van der Waals surface area contributed by atoms with Crippen molar-refractivity contribution >= 4 is 12.1 Å². The number of rotatable bonds is 8. The highest BCUT2D eigenvalue weighted by atomic mass is 16.6. The number of likely N-dealkylation sites (tertiary alicyclic amines) is 1. The largest absolute Gasteiger partial charge is 0.492 e. The van der Waals surface area contributed by atoms with Crippen LogP contribution in [0.2, 0.25) is 0 Å². The molecule has 0 aliphatic carbocycles. The molecule has 1 aliphatic heterocycles. The third-order valence-electron chi connectivity index (χ3n) is 4.75. The lowest BCUT2D eigenvalue weighted by Crippen LogP contribution is -2.49. The van der Waals surface area contributed by atoms with Gasteiger partial charge in [0.2, 0.25) is 0 Å². The number of amides is 1. The van der Waals surface area contributed by atoms with Crippen LogP contribution in [0.4, 0.5) is 4.79 Å². The van der Waals surface area contributed by atoms with Gasteiger partial charge in [0.1, 0.15) is 12.4 Å². The topological polar surface area (TPSA) is 78.4 Å². The summed E-state index contributed by atoms with van der Waals surface area (Å²) in [6, 6.07) is 8.38. The van der Waals surface area contributed by atoms with Crippen molar-refractivity contribution in [3.8, 4) is 5.75 Å². The van der Waals surface area contributed by atoms with E-state index in [1.54, 1.807) is 11.9 Å². The summed E-state index contributed by atoms with van der Waals surface area (Å²) in [5.41, 5.74) is 1.13. The summed E-state index contributed by atoms with van der Waals surface area (Å²) in [4.78, 5) is 20.0. The first kappa shape index (κ1) is 22.8. The van der Waals surface area contributed by atoms with Gasteiger partial charge >= 0.3 is 6.09 Å². The number of ether oxygens (including phenoxy) is 2. The first-order valence-corrected chi connectivity index (χ1v) is 10.3. The van der Waals surface area contributed by atoms with Crippen molar-refractivity contribution in [2.75, 3.05) is 54.0 Å². The van der Waals surface area contributed by atoms with Crippen molar-refractivity contribution in [3.05, 3.63) is 29.8 Å². The van der Waals surface area contributed by atoms with Crippen LogP contribution in [0.1, 0.15) is 25.3 Å². The maximum atomic E-state index is 11.8. The molecular weight excluding hydrogens is 370 g/mol. The molecule has 162 valence electrons. The Morgan fingerprint density at radius 1 is 1.31 bits per heavy atom. The van der Waals surface area contributed by atoms with Crippen LogP contribution in [-0.4, -0.2) is 81.9 Å². The summed E-state index contributed by atoms with van der Waals surface area (Å²) < 4.78 is 10.9. The van der Waals surface area contributed by atoms with Gasteiger partial charge in [0.25, 0.3) is 0 Å². The maximum Gasteiger partial charge on any atom is 0.409 e. The van der Waals surface area contributed by atoms with Gasteiger partial charge in [-0.3, -0.25) is 4.99 Å². The summed E-state index contributed by atoms with van der Waals surface area (Å²) in [6.07, 6.45) is 1.52. The molecule has 0 atom stereocenters. The Labute approximate surface area is 174 Å². The highest BCUT2D eigenvalue weighted by Crippen LogP contribution is 2.14. The minimum absolute atomic E-state index is 0.221. The fourth-order valence-corrected chi connectivity index (χ4v) is 3.09. The Morgan fingerprint density at radius 3 is 2.72 bits per heavy atom.